The molecule has 1 aliphatic rings. The van der Waals surface area contributed by atoms with Gasteiger partial charge < -0.3 is 14.8 Å². The quantitative estimate of drug-likeness (QED) is 0.392. The summed E-state index contributed by atoms with van der Waals surface area (Å²) in [7, 11) is 1.57. The number of imide groups is 1. The van der Waals surface area contributed by atoms with Gasteiger partial charge in [0.1, 0.15) is 11.4 Å². The Morgan fingerprint density at radius 1 is 0.882 bits per heavy atom. The number of esters is 1. The van der Waals surface area contributed by atoms with Crippen LogP contribution in [0.25, 0.3) is 5.57 Å². The molecule has 0 unspecified atom stereocenters. The highest BCUT2D eigenvalue weighted by atomic mass is 16.5. The lowest BCUT2D eigenvalue weighted by Gasteiger charge is -2.16. The summed E-state index contributed by atoms with van der Waals surface area (Å²) in [6, 6.07) is 22.3. The third-order valence-corrected chi connectivity index (χ3v) is 5.30. The molecule has 4 rings (SSSR count). The lowest BCUT2D eigenvalue weighted by atomic mass is 10.0. The molecule has 3 aromatic carbocycles. The Kier molecular flexibility index (Phi) is 6.73. The van der Waals surface area contributed by atoms with Crippen LogP contribution in [0.5, 0.6) is 5.75 Å². The van der Waals surface area contributed by atoms with E-state index in [-0.39, 0.29) is 11.3 Å². The second-order valence-electron chi connectivity index (χ2n) is 7.60. The van der Waals surface area contributed by atoms with E-state index in [1.54, 1.807) is 67.8 Å². The van der Waals surface area contributed by atoms with Crippen molar-refractivity contribution in [2.75, 3.05) is 23.9 Å². The SMILES string of the molecule is CCCOC(=O)c1ccc(N2C(=O)C(Nc3ccc(OC)cc3)=C(c3ccccc3)C2=O)cc1. The molecule has 1 heterocycles. The van der Waals surface area contributed by atoms with Crippen molar-refractivity contribution in [2.24, 2.45) is 0 Å². The molecule has 0 fully saturated rings. The Bertz CT molecular complexity index is 1230. The number of carbonyl (C=O) groups is 3. The number of ether oxygens (including phenoxy) is 2. The lowest BCUT2D eigenvalue weighted by molar-refractivity contribution is -0.120. The van der Waals surface area contributed by atoms with E-state index in [1.165, 1.54) is 0 Å². The van der Waals surface area contributed by atoms with Gasteiger partial charge in [0, 0.05) is 5.69 Å². The molecule has 0 bridgehead atoms. The number of methoxy groups -OCH3 is 1. The highest BCUT2D eigenvalue weighted by Crippen LogP contribution is 2.34. The minimum Gasteiger partial charge on any atom is -0.497 e. The van der Waals surface area contributed by atoms with Crippen molar-refractivity contribution in [3.05, 3.63) is 95.7 Å². The van der Waals surface area contributed by atoms with Crippen molar-refractivity contribution in [1.29, 1.82) is 0 Å². The number of hydrogen-bond acceptors (Lipinski definition) is 6. The van der Waals surface area contributed by atoms with Crippen LogP contribution in [0.4, 0.5) is 11.4 Å². The molecule has 0 spiro atoms. The summed E-state index contributed by atoms with van der Waals surface area (Å²) in [5.74, 6) is -0.706. The van der Waals surface area contributed by atoms with Crippen LogP contribution in [0.1, 0.15) is 29.3 Å². The van der Waals surface area contributed by atoms with Crippen LogP contribution in [0, 0.1) is 0 Å². The maximum Gasteiger partial charge on any atom is 0.338 e. The van der Waals surface area contributed by atoms with Crippen molar-refractivity contribution < 1.29 is 23.9 Å². The zero-order valence-corrected chi connectivity index (χ0v) is 18.9. The number of amides is 2. The highest BCUT2D eigenvalue weighted by Gasteiger charge is 2.40. The number of anilines is 2. The van der Waals surface area contributed by atoms with Crippen LogP contribution < -0.4 is 15.0 Å². The molecule has 172 valence electrons. The number of nitrogens with one attached hydrogen (secondary N) is 1. The van der Waals surface area contributed by atoms with E-state index in [9.17, 15) is 14.4 Å². The van der Waals surface area contributed by atoms with Gasteiger partial charge in [-0.1, -0.05) is 37.3 Å². The smallest absolute Gasteiger partial charge is 0.338 e. The van der Waals surface area contributed by atoms with E-state index >= 15 is 0 Å². The van der Waals surface area contributed by atoms with Gasteiger partial charge in [0.05, 0.1) is 30.5 Å². The average molecular weight is 456 g/mol. The van der Waals surface area contributed by atoms with Crippen LogP contribution >= 0.6 is 0 Å². The number of hydrogen-bond donors (Lipinski definition) is 1. The van der Waals surface area contributed by atoms with E-state index in [2.05, 4.69) is 5.32 Å². The van der Waals surface area contributed by atoms with Crippen molar-refractivity contribution in [3.8, 4) is 5.75 Å². The van der Waals surface area contributed by atoms with Crippen LogP contribution in [-0.2, 0) is 14.3 Å². The third kappa shape index (κ3) is 4.54. The van der Waals surface area contributed by atoms with Crippen LogP contribution in [0.3, 0.4) is 0 Å². The Hall–Kier alpha value is -4.39. The van der Waals surface area contributed by atoms with Gasteiger partial charge in [-0.3, -0.25) is 9.59 Å². The van der Waals surface area contributed by atoms with Crippen molar-refractivity contribution in [3.63, 3.8) is 0 Å². The number of carbonyl (C=O) groups excluding carboxylic acids is 3. The molecule has 0 saturated heterocycles. The molecule has 0 aromatic heterocycles. The first-order valence-corrected chi connectivity index (χ1v) is 10.9. The van der Waals surface area contributed by atoms with E-state index in [0.717, 1.165) is 11.3 Å². The summed E-state index contributed by atoms with van der Waals surface area (Å²) >= 11 is 0. The largest absolute Gasteiger partial charge is 0.497 e. The monoisotopic (exact) mass is 456 g/mol. The fourth-order valence-electron chi connectivity index (χ4n) is 3.60. The normalized spacial score (nSPS) is 13.3. The van der Waals surface area contributed by atoms with Crippen LogP contribution in [-0.4, -0.2) is 31.5 Å². The number of rotatable bonds is 8. The zero-order valence-electron chi connectivity index (χ0n) is 18.9. The van der Waals surface area contributed by atoms with Gasteiger partial charge in [0.2, 0.25) is 0 Å². The maximum absolute atomic E-state index is 13.5. The summed E-state index contributed by atoms with van der Waals surface area (Å²) in [5.41, 5.74) is 2.42. The molecule has 1 N–H and O–H groups in total. The summed E-state index contributed by atoms with van der Waals surface area (Å²) in [6.45, 7) is 2.24. The maximum atomic E-state index is 13.5. The van der Waals surface area contributed by atoms with Crippen molar-refractivity contribution in [2.45, 2.75) is 13.3 Å². The molecule has 0 aliphatic carbocycles. The second kappa shape index (κ2) is 10.0. The van der Waals surface area contributed by atoms with Gasteiger partial charge in [0.25, 0.3) is 11.8 Å². The number of nitrogens with zero attached hydrogens (tertiary/aromatic N) is 1. The fourth-order valence-corrected chi connectivity index (χ4v) is 3.60. The Balaban J connectivity index is 1.67. The zero-order chi connectivity index (χ0) is 24.1. The molecule has 0 saturated carbocycles. The van der Waals surface area contributed by atoms with Gasteiger partial charge in [-0.05, 0) is 60.5 Å². The first-order chi connectivity index (χ1) is 16.5. The summed E-state index contributed by atoms with van der Waals surface area (Å²) in [4.78, 5) is 40.1. The van der Waals surface area contributed by atoms with Gasteiger partial charge in [0.15, 0.2) is 0 Å². The first kappa shape index (κ1) is 22.8. The molecule has 7 heteroatoms. The highest BCUT2D eigenvalue weighted by molar-refractivity contribution is 6.46. The Morgan fingerprint density at radius 3 is 2.18 bits per heavy atom. The fraction of sp³-hybridized carbons (Fsp3) is 0.148. The number of benzene rings is 3. The molecule has 34 heavy (non-hydrogen) atoms. The van der Waals surface area contributed by atoms with Crippen molar-refractivity contribution in [1.82, 2.24) is 0 Å². The molecule has 3 aromatic rings. The summed E-state index contributed by atoms with van der Waals surface area (Å²) in [6.07, 6.45) is 0.721. The average Bonchev–Trinajstić information content (AvgIpc) is 3.12. The second-order valence-corrected chi connectivity index (χ2v) is 7.60. The minimum absolute atomic E-state index is 0.174. The minimum atomic E-state index is -0.485. The molecule has 0 radical (unpaired) electrons. The van der Waals surface area contributed by atoms with E-state index in [1.807, 2.05) is 25.1 Å². The van der Waals surface area contributed by atoms with Gasteiger partial charge >= 0.3 is 5.97 Å². The van der Waals surface area contributed by atoms with E-state index in [4.69, 9.17) is 9.47 Å². The van der Waals surface area contributed by atoms with Gasteiger partial charge in [-0.2, -0.15) is 0 Å². The predicted molar refractivity (Wildman–Crippen MR) is 129 cm³/mol. The molecule has 7 nitrogen and oxygen atoms in total. The molecule has 0 atom stereocenters. The Labute approximate surface area is 197 Å². The summed E-state index contributed by atoms with van der Waals surface area (Å²) < 4.78 is 10.3. The molecular formula is C27H24N2O5. The molecular weight excluding hydrogens is 432 g/mol. The third-order valence-electron chi connectivity index (χ3n) is 5.30. The van der Waals surface area contributed by atoms with Gasteiger partial charge in [-0.25, -0.2) is 9.69 Å². The van der Waals surface area contributed by atoms with Crippen molar-refractivity contribution >= 4 is 34.7 Å². The van der Waals surface area contributed by atoms with Crippen LogP contribution in [0.2, 0.25) is 0 Å². The molecule has 2 amide bonds. The molecule has 1 aliphatic heterocycles. The Morgan fingerprint density at radius 2 is 1.56 bits per heavy atom. The van der Waals surface area contributed by atoms with Gasteiger partial charge in [-0.15, -0.1) is 0 Å². The summed E-state index contributed by atoms with van der Waals surface area (Å²) in [5, 5.41) is 3.11. The standard InChI is InChI=1S/C27H24N2O5/c1-3-17-34-27(32)19-9-13-21(14-10-19)29-25(30)23(18-7-5-4-6-8-18)24(26(29)31)28-20-11-15-22(33-2)16-12-20/h4-16,28H,3,17H2,1-2H3. The van der Waals surface area contributed by atoms with E-state index in [0.29, 0.717) is 34.9 Å². The van der Waals surface area contributed by atoms with E-state index < -0.39 is 17.8 Å². The predicted octanol–water partition coefficient (Wildman–Crippen LogP) is 4.66. The lowest BCUT2D eigenvalue weighted by Crippen LogP contribution is -2.32. The topological polar surface area (TPSA) is 84.9 Å². The first-order valence-electron chi connectivity index (χ1n) is 10.9. The van der Waals surface area contributed by atoms with Crippen LogP contribution in [0.15, 0.2) is 84.6 Å².